The lowest BCUT2D eigenvalue weighted by Gasteiger charge is -2.26. The second-order valence-corrected chi connectivity index (χ2v) is 4.80. The highest BCUT2D eigenvalue weighted by molar-refractivity contribution is 7.82. The number of aliphatic carboxylic acids is 1. The molecule has 96 valence electrons. The predicted octanol–water partition coefficient (Wildman–Crippen LogP) is 1.26. The minimum atomic E-state index is -1.61. The van der Waals surface area contributed by atoms with E-state index in [0.717, 1.165) is 5.56 Å². The topological polar surface area (TPSA) is 89.3 Å². The van der Waals surface area contributed by atoms with Crippen molar-refractivity contribution in [2.24, 2.45) is 16.9 Å². The van der Waals surface area contributed by atoms with Crippen LogP contribution >= 0.6 is 24.4 Å². The van der Waals surface area contributed by atoms with E-state index in [2.05, 4.69) is 0 Å². The van der Waals surface area contributed by atoms with Crippen LogP contribution in [0.25, 0.3) is 0 Å². The van der Waals surface area contributed by atoms with Crippen molar-refractivity contribution in [2.45, 2.75) is 12.8 Å². The van der Waals surface area contributed by atoms with Crippen LogP contribution in [-0.4, -0.2) is 21.1 Å². The van der Waals surface area contributed by atoms with Crippen molar-refractivity contribution in [3.8, 4) is 0 Å². The summed E-state index contributed by atoms with van der Waals surface area (Å²) in [7, 11) is 0. The van der Waals surface area contributed by atoms with Crippen molar-refractivity contribution < 1.29 is 9.90 Å². The fraction of sp³-hybridized carbons (Fsp3) is 0.250. The number of nitrogens with two attached hydrogens (primary N) is 2. The van der Waals surface area contributed by atoms with Gasteiger partial charge in [-0.1, -0.05) is 54.8 Å². The number of carbonyl (C=O) groups is 1. The van der Waals surface area contributed by atoms with Crippen LogP contribution in [0.2, 0.25) is 0 Å². The molecule has 0 aromatic heterocycles. The van der Waals surface area contributed by atoms with Gasteiger partial charge in [-0.2, -0.15) is 0 Å². The van der Waals surface area contributed by atoms with E-state index in [0.29, 0.717) is 6.42 Å². The Bertz CT molecular complexity index is 438. The Hall–Kier alpha value is -1.53. The van der Waals surface area contributed by atoms with Gasteiger partial charge >= 0.3 is 5.97 Å². The highest BCUT2D eigenvalue weighted by Gasteiger charge is 2.44. The fourth-order valence-corrected chi connectivity index (χ4v) is 2.33. The third-order valence-corrected chi connectivity index (χ3v) is 3.53. The smallest absolute Gasteiger partial charge is 0.323 e. The largest absolute Gasteiger partial charge is 0.480 e. The molecular formula is C12H14N2O2S2. The molecule has 6 heteroatoms. The van der Waals surface area contributed by atoms with Crippen LogP contribution < -0.4 is 11.5 Å². The zero-order valence-corrected chi connectivity index (χ0v) is 11.3. The van der Waals surface area contributed by atoms with Crippen LogP contribution in [0, 0.1) is 5.41 Å². The minimum absolute atomic E-state index is 0.164. The molecule has 1 aromatic carbocycles. The van der Waals surface area contributed by atoms with Gasteiger partial charge in [-0.05, 0) is 18.4 Å². The first-order valence-corrected chi connectivity index (χ1v) is 6.10. The summed E-state index contributed by atoms with van der Waals surface area (Å²) in [6.45, 7) is 0. The van der Waals surface area contributed by atoms with E-state index in [1.54, 1.807) is 0 Å². The van der Waals surface area contributed by atoms with E-state index in [-0.39, 0.29) is 16.4 Å². The Labute approximate surface area is 116 Å². The van der Waals surface area contributed by atoms with Crippen LogP contribution in [0.1, 0.15) is 12.0 Å². The number of benzene rings is 1. The predicted molar refractivity (Wildman–Crippen MR) is 78.4 cm³/mol. The molecule has 0 aliphatic carbocycles. The second kappa shape index (κ2) is 5.88. The van der Waals surface area contributed by atoms with Gasteiger partial charge in [0.1, 0.15) is 0 Å². The number of carboxylic acid groups (broad SMARTS) is 1. The van der Waals surface area contributed by atoms with Gasteiger partial charge in [0.15, 0.2) is 5.41 Å². The third kappa shape index (κ3) is 2.83. The maximum Gasteiger partial charge on any atom is 0.323 e. The molecule has 0 heterocycles. The summed E-state index contributed by atoms with van der Waals surface area (Å²) < 4.78 is 0. The second-order valence-electron chi connectivity index (χ2n) is 3.92. The summed E-state index contributed by atoms with van der Waals surface area (Å²) in [5.41, 5.74) is 10.4. The first-order valence-electron chi connectivity index (χ1n) is 5.28. The van der Waals surface area contributed by atoms with Crippen LogP contribution in [0.3, 0.4) is 0 Å². The molecule has 0 saturated heterocycles. The molecule has 1 aromatic rings. The minimum Gasteiger partial charge on any atom is -0.480 e. The zero-order valence-electron chi connectivity index (χ0n) is 9.63. The Morgan fingerprint density at radius 1 is 1.17 bits per heavy atom. The molecule has 0 unspecified atom stereocenters. The number of hydrogen-bond donors (Lipinski definition) is 3. The van der Waals surface area contributed by atoms with Crippen molar-refractivity contribution in [1.29, 1.82) is 0 Å². The Balaban J connectivity index is 2.96. The maximum atomic E-state index is 11.4. The molecule has 0 aliphatic rings. The van der Waals surface area contributed by atoms with Gasteiger partial charge in [-0.3, -0.25) is 4.79 Å². The van der Waals surface area contributed by atoms with Crippen LogP contribution in [-0.2, 0) is 11.2 Å². The highest BCUT2D eigenvalue weighted by Crippen LogP contribution is 2.26. The standard InChI is InChI=1S/C12H14N2O2S2/c13-9(17)12(10(14)18,11(15)16)7-6-8-4-2-1-3-5-8/h1-5H,6-7H2,(H2,13,17)(H2,14,18)(H,15,16). The molecule has 0 atom stereocenters. The number of thiocarbonyl (C=S) groups is 2. The summed E-state index contributed by atoms with van der Waals surface area (Å²) in [5, 5.41) is 9.31. The maximum absolute atomic E-state index is 11.4. The van der Waals surface area contributed by atoms with E-state index in [1.807, 2.05) is 30.3 Å². The Morgan fingerprint density at radius 3 is 2.06 bits per heavy atom. The van der Waals surface area contributed by atoms with E-state index >= 15 is 0 Å². The number of aryl methyl sites for hydroxylation is 1. The molecular weight excluding hydrogens is 268 g/mol. The van der Waals surface area contributed by atoms with E-state index in [4.69, 9.17) is 35.9 Å². The molecule has 0 spiro atoms. The monoisotopic (exact) mass is 282 g/mol. The van der Waals surface area contributed by atoms with Crippen LogP contribution in [0.5, 0.6) is 0 Å². The SMILES string of the molecule is NC(=S)C(CCc1ccccc1)(C(=O)O)C(N)=S. The molecule has 0 aliphatic heterocycles. The average Bonchev–Trinajstić information content (AvgIpc) is 2.29. The summed E-state index contributed by atoms with van der Waals surface area (Å²) in [4.78, 5) is 11.0. The van der Waals surface area contributed by atoms with E-state index < -0.39 is 11.4 Å². The molecule has 5 N–H and O–H groups in total. The van der Waals surface area contributed by atoms with E-state index in [9.17, 15) is 9.90 Å². The van der Waals surface area contributed by atoms with Gasteiger partial charge in [-0.15, -0.1) is 0 Å². The van der Waals surface area contributed by atoms with Gasteiger partial charge in [0.05, 0.1) is 9.98 Å². The summed E-state index contributed by atoms with van der Waals surface area (Å²) >= 11 is 9.65. The summed E-state index contributed by atoms with van der Waals surface area (Å²) in [5.74, 6) is -1.20. The molecule has 0 fully saturated rings. The van der Waals surface area contributed by atoms with E-state index in [1.165, 1.54) is 0 Å². The third-order valence-electron chi connectivity index (χ3n) is 2.84. The van der Waals surface area contributed by atoms with Crippen molar-refractivity contribution in [3.05, 3.63) is 35.9 Å². The van der Waals surface area contributed by atoms with Gasteiger partial charge in [0.25, 0.3) is 0 Å². The lowest BCUT2D eigenvalue weighted by atomic mass is 9.82. The fourth-order valence-electron chi connectivity index (χ4n) is 1.66. The summed E-state index contributed by atoms with van der Waals surface area (Å²) in [6.07, 6.45) is 0.652. The number of rotatable bonds is 6. The first-order chi connectivity index (χ1) is 8.41. The molecule has 0 radical (unpaired) electrons. The van der Waals surface area contributed by atoms with Crippen molar-refractivity contribution in [3.63, 3.8) is 0 Å². The molecule has 4 nitrogen and oxygen atoms in total. The molecule has 0 amide bonds. The van der Waals surface area contributed by atoms with Crippen molar-refractivity contribution >= 4 is 40.4 Å². The van der Waals surface area contributed by atoms with Gasteiger partial charge in [0, 0.05) is 0 Å². The van der Waals surface area contributed by atoms with Crippen molar-refractivity contribution in [1.82, 2.24) is 0 Å². The number of carboxylic acids is 1. The van der Waals surface area contributed by atoms with Gasteiger partial charge in [-0.25, -0.2) is 0 Å². The normalized spacial score (nSPS) is 10.9. The van der Waals surface area contributed by atoms with Crippen LogP contribution in [0.15, 0.2) is 30.3 Å². The van der Waals surface area contributed by atoms with Crippen LogP contribution in [0.4, 0.5) is 0 Å². The lowest BCUT2D eigenvalue weighted by molar-refractivity contribution is -0.141. The van der Waals surface area contributed by atoms with Gasteiger partial charge < -0.3 is 16.6 Å². The Kier molecular flexibility index (Phi) is 4.75. The van der Waals surface area contributed by atoms with Gasteiger partial charge in [0.2, 0.25) is 0 Å². The average molecular weight is 282 g/mol. The number of hydrogen-bond acceptors (Lipinski definition) is 3. The quantitative estimate of drug-likeness (QED) is 0.681. The van der Waals surface area contributed by atoms with Crippen molar-refractivity contribution in [2.75, 3.05) is 0 Å². The highest BCUT2D eigenvalue weighted by atomic mass is 32.1. The summed E-state index contributed by atoms with van der Waals surface area (Å²) in [6, 6.07) is 9.42. The molecule has 1 rings (SSSR count). The molecule has 18 heavy (non-hydrogen) atoms. The Morgan fingerprint density at radius 2 is 1.67 bits per heavy atom. The molecule has 0 bridgehead atoms. The lowest BCUT2D eigenvalue weighted by Crippen LogP contribution is -2.51. The zero-order chi connectivity index (χ0) is 13.8. The first kappa shape index (κ1) is 14.5. The molecule has 0 saturated carbocycles.